The highest BCUT2D eigenvalue weighted by Crippen LogP contribution is 2.25. The summed E-state index contributed by atoms with van der Waals surface area (Å²) in [4.78, 5) is 31.3. The van der Waals surface area contributed by atoms with Gasteiger partial charge in [-0.1, -0.05) is 12.1 Å². The number of nitrogens with two attached hydrogens (primary N) is 1. The summed E-state index contributed by atoms with van der Waals surface area (Å²) in [6.45, 7) is 3.96. The van der Waals surface area contributed by atoms with E-state index in [1.54, 1.807) is 30.6 Å². The monoisotopic (exact) mass is 424 g/mol. The zero-order chi connectivity index (χ0) is 18.5. The minimum atomic E-state index is -0.252. The van der Waals surface area contributed by atoms with Gasteiger partial charge in [0.25, 0.3) is 11.8 Å². The molecule has 152 valence electrons. The molecule has 6 nitrogen and oxygen atoms in total. The predicted octanol–water partition coefficient (Wildman–Crippen LogP) is 3.30. The van der Waals surface area contributed by atoms with Gasteiger partial charge in [-0.2, -0.15) is 0 Å². The highest BCUT2D eigenvalue weighted by molar-refractivity contribution is 6.09. The molecule has 1 aromatic carbocycles. The number of para-hydroxylation sites is 1. The number of anilines is 1. The molecule has 0 spiro atoms. The normalized spacial score (nSPS) is 13.9. The van der Waals surface area contributed by atoms with Crippen LogP contribution in [0.4, 0.5) is 5.69 Å². The number of nitrogens with one attached hydrogen (secondary N) is 1. The number of aromatic nitrogens is 1. The largest absolute Gasteiger partial charge is 0.339 e. The molecule has 2 amide bonds. The van der Waals surface area contributed by atoms with E-state index in [1.165, 1.54) is 0 Å². The maximum atomic E-state index is 13.0. The minimum absolute atomic E-state index is 0. The highest BCUT2D eigenvalue weighted by Gasteiger charge is 2.25. The van der Waals surface area contributed by atoms with Crippen LogP contribution in [0.25, 0.3) is 0 Å². The summed E-state index contributed by atoms with van der Waals surface area (Å²) in [5, 5.41) is 2.90. The SMILES string of the molecule is Cc1cccc(C(=O)N2CCC(CN)CC2)c1NC(=O)c1ccncc1.Cl.Cl. The van der Waals surface area contributed by atoms with Crippen LogP contribution in [-0.4, -0.2) is 41.3 Å². The van der Waals surface area contributed by atoms with Gasteiger partial charge in [-0.3, -0.25) is 14.6 Å². The highest BCUT2D eigenvalue weighted by atomic mass is 35.5. The van der Waals surface area contributed by atoms with Gasteiger partial charge in [0.05, 0.1) is 11.3 Å². The first kappa shape index (κ1) is 23.9. The number of nitrogens with zero attached hydrogens (tertiary/aromatic N) is 2. The van der Waals surface area contributed by atoms with E-state index < -0.39 is 0 Å². The number of rotatable bonds is 4. The average molecular weight is 425 g/mol. The number of hydrogen-bond donors (Lipinski definition) is 2. The number of carbonyl (C=O) groups excluding carboxylic acids is 2. The van der Waals surface area contributed by atoms with Crippen molar-refractivity contribution in [3.63, 3.8) is 0 Å². The lowest BCUT2D eigenvalue weighted by Crippen LogP contribution is -2.40. The van der Waals surface area contributed by atoms with Crippen molar-refractivity contribution in [3.05, 3.63) is 59.4 Å². The molecule has 2 heterocycles. The second-order valence-corrected chi connectivity index (χ2v) is 6.66. The number of piperidine rings is 1. The molecule has 1 aliphatic heterocycles. The smallest absolute Gasteiger partial charge is 0.255 e. The number of likely N-dealkylation sites (tertiary alicyclic amines) is 1. The molecule has 3 rings (SSSR count). The lowest BCUT2D eigenvalue weighted by atomic mass is 9.96. The molecule has 1 aromatic heterocycles. The van der Waals surface area contributed by atoms with E-state index in [0.29, 0.717) is 42.4 Å². The van der Waals surface area contributed by atoms with Crippen molar-refractivity contribution < 1.29 is 9.59 Å². The van der Waals surface area contributed by atoms with Crippen LogP contribution < -0.4 is 11.1 Å². The van der Waals surface area contributed by atoms with Crippen molar-refractivity contribution >= 4 is 42.3 Å². The number of pyridine rings is 1. The van der Waals surface area contributed by atoms with Crippen molar-refractivity contribution in [2.45, 2.75) is 19.8 Å². The Balaban J connectivity index is 0.00000196. The van der Waals surface area contributed by atoms with E-state index in [0.717, 1.165) is 18.4 Å². The quantitative estimate of drug-likeness (QED) is 0.787. The topological polar surface area (TPSA) is 88.3 Å². The maximum absolute atomic E-state index is 13.0. The van der Waals surface area contributed by atoms with Crippen LogP contribution in [0.5, 0.6) is 0 Å². The number of benzene rings is 1. The lowest BCUT2D eigenvalue weighted by Gasteiger charge is -2.32. The number of halogens is 2. The van der Waals surface area contributed by atoms with Crippen molar-refractivity contribution in [1.29, 1.82) is 0 Å². The van der Waals surface area contributed by atoms with Crippen molar-refractivity contribution in [1.82, 2.24) is 9.88 Å². The molecule has 0 radical (unpaired) electrons. The lowest BCUT2D eigenvalue weighted by molar-refractivity contribution is 0.0694. The van der Waals surface area contributed by atoms with Gasteiger partial charge < -0.3 is 16.0 Å². The Bertz CT molecular complexity index is 794. The van der Waals surface area contributed by atoms with Gasteiger partial charge in [-0.25, -0.2) is 0 Å². The van der Waals surface area contributed by atoms with Gasteiger partial charge >= 0.3 is 0 Å². The summed E-state index contributed by atoms with van der Waals surface area (Å²) in [6, 6.07) is 8.79. The molecule has 3 N–H and O–H groups in total. The van der Waals surface area contributed by atoms with Crippen LogP contribution in [0.15, 0.2) is 42.7 Å². The van der Waals surface area contributed by atoms with Crippen LogP contribution in [0, 0.1) is 12.8 Å². The molecule has 0 saturated carbocycles. The Kier molecular flexibility index (Phi) is 9.38. The average Bonchev–Trinajstić information content (AvgIpc) is 2.69. The first-order valence-electron chi connectivity index (χ1n) is 8.90. The summed E-state index contributed by atoms with van der Waals surface area (Å²) >= 11 is 0. The van der Waals surface area contributed by atoms with E-state index in [1.807, 2.05) is 24.0 Å². The van der Waals surface area contributed by atoms with Gasteiger partial charge in [0.2, 0.25) is 0 Å². The second kappa shape index (κ2) is 11.0. The number of carbonyl (C=O) groups is 2. The summed E-state index contributed by atoms with van der Waals surface area (Å²) in [6.07, 6.45) is 4.99. The van der Waals surface area contributed by atoms with Crippen LogP contribution in [0.1, 0.15) is 39.1 Å². The molecule has 1 fully saturated rings. The Labute approximate surface area is 177 Å². The Morgan fingerprint density at radius 3 is 2.39 bits per heavy atom. The van der Waals surface area contributed by atoms with Crippen LogP contribution in [-0.2, 0) is 0 Å². The fraction of sp³-hybridized carbons (Fsp3) is 0.350. The molecule has 0 bridgehead atoms. The molecular formula is C20H26Cl2N4O2. The predicted molar refractivity (Wildman–Crippen MR) is 116 cm³/mol. The summed E-state index contributed by atoms with van der Waals surface area (Å²) < 4.78 is 0. The van der Waals surface area contributed by atoms with E-state index in [4.69, 9.17) is 5.73 Å². The molecule has 0 aliphatic carbocycles. The second-order valence-electron chi connectivity index (χ2n) is 6.66. The van der Waals surface area contributed by atoms with Gasteiger partial charge in [-0.05, 0) is 56.0 Å². The summed E-state index contributed by atoms with van der Waals surface area (Å²) in [7, 11) is 0. The Hall–Kier alpha value is -2.15. The molecule has 2 aromatic rings. The van der Waals surface area contributed by atoms with Gasteiger partial charge in [0.15, 0.2) is 0 Å². The van der Waals surface area contributed by atoms with Gasteiger partial charge in [0.1, 0.15) is 0 Å². The third-order valence-corrected chi connectivity index (χ3v) is 4.92. The van der Waals surface area contributed by atoms with E-state index in [2.05, 4.69) is 10.3 Å². The van der Waals surface area contributed by atoms with Crippen LogP contribution in [0.2, 0.25) is 0 Å². The third kappa shape index (κ3) is 5.44. The number of amides is 2. The van der Waals surface area contributed by atoms with Crippen molar-refractivity contribution in [2.75, 3.05) is 25.0 Å². The fourth-order valence-corrected chi connectivity index (χ4v) is 3.24. The Morgan fingerprint density at radius 2 is 1.79 bits per heavy atom. The van der Waals surface area contributed by atoms with Crippen LogP contribution >= 0.6 is 24.8 Å². The van der Waals surface area contributed by atoms with Crippen LogP contribution in [0.3, 0.4) is 0 Å². The van der Waals surface area contributed by atoms with Gasteiger partial charge in [-0.15, -0.1) is 24.8 Å². The molecule has 0 atom stereocenters. The standard InChI is InChI=1S/C20H24N4O2.2ClH/c1-14-3-2-4-17(20(26)24-11-7-15(13-21)8-12-24)18(14)23-19(25)16-5-9-22-10-6-16;;/h2-6,9-10,15H,7-8,11-13,21H2,1H3,(H,23,25);2*1H. The molecule has 1 aliphatic rings. The maximum Gasteiger partial charge on any atom is 0.255 e. The van der Waals surface area contributed by atoms with Crippen molar-refractivity contribution in [2.24, 2.45) is 11.7 Å². The minimum Gasteiger partial charge on any atom is -0.339 e. The Morgan fingerprint density at radius 1 is 1.14 bits per heavy atom. The number of hydrogen-bond acceptors (Lipinski definition) is 4. The summed E-state index contributed by atoms with van der Waals surface area (Å²) in [5.74, 6) is 0.189. The zero-order valence-corrected chi connectivity index (χ0v) is 17.4. The van der Waals surface area contributed by atoms with Gasteiger partial charge in [0, 0.05) is 31.0 Å². The summed E-state index contributed by atoms with van der Waals surface area (Å²) in [5.41, 5.74) is 8.19. The first-order valence-corrected chi connectivity index (χ1v) is 8.90. The molecule has 28 heavy (non-hydrogen) atoms. The third-order valence-electron chi connectivity index (χ3n) is 4.92. The van der Waals surface area contributed by atoms with E-state index in [9.17, 15) is 9.59 Å². The molecular weight excluding hydrogens is 399 g/mol. The zero-order valence-electron chi connectivity index (χ0n) is 15.8. The first-order chi connectivity index (χ1) is 12.6. The molecule has 8 heteroatoms. The fourth-order valence-electron chi connectivity index (χ4n) is 3.24. The van der Waals surface area contributed by atoms with Crippen molar-refractivity contribution in [3.8, 4) is 0 Å². The van der Waals surface area contributed by atoms with E-state index >= 15 is 0 Å². The van der Waals surface area contributed by atoms with E-state index in [-0.39, 0.29) is 36.6 Å². The number of aryl methyl sites for hydroxylation is 1. The molecule has 0 unspecified atom stereocenters. The molecule has 1 saturated heterocycles.